The van der Waals surface area contributed by atoms with Crippen LogP contribution >= 0.6 is 0 Å². The molecule has 1 rings (SSSR count). The van der Waals surface area contributed by atoms with E-state index in [9.17, 15) is 8.78 Å². The Morgan fingerprint density at radius 1 is 1.27 bits per heavy atom. The van der Waals surface area contributed by atoms with E-state index < -0.39 is 6.43 Å². The minimum Gasteiger partial charge on any atom is -0.330 e. The van der Waals surface area contributed by atoms with E-state index in [2.05, 4.69) is 0 Å². The van der Waals surface area contributed by atoms with Gasteiger partial charge in [-0.15, -0.1) is 0 Å². The van der Waals surface area contributed by atoms with Gasteiger partial charge in [0.1, 0.15) is 0 Å². The van der Waals surface area contributed by atoms with Crippen LogP contribution in [0.1, 0.15) is 36.0 Å². The minimum atomic E-state index is -2.38. The van der Waals surface area contributed by atoms with E-state index in [1.807, 2.05) is 13.0 Å². The maximum atomic E-state index is 12.6. The molecule has 0 spiro atoms. The van der Waals surface area contributed by atoms with Gasteiger partial charge in [0, 0.05) is 5.56 Å². The molecule has 0 amide bonds. The van der Waals surface area contributed by atoms with Crippen molar-refractivity contribution in [1.29, 1.82) is 0 Å². The first kappa shape index (κ1) is 12.1. The highest BCUT2D eigenvalue weighted by atomic mass is 19.3. The molecule has 0 heterocycles. The van der Waals surface area contributed by atoms with Crippen LogP contribution in [-0.2, 0) is 6.42 Å². The molecule has 2 N–H and O–H groups in total. The van der Waals surface area contributed by atoms with E-state index in [-0.39, 0.29) is 5.56 Å². The van der Waals surface area contributed by atoms with Gasteiger partial charge in [0.25, 0.3) is 6.43 Å². The van der Waals surface area contributed by atoms with Gasteiger partial charge in [-0.1, -0.05) is 23.8 Å². The normalized spacial score (nSPS) is 11.0. The quantitative estimate of drug-likeness (QED) is 0.747. The molecule has 1 aromatic carbocycles. The highest BCUT2D eigenvalue weighted by Gasteiger charge is 2.12. The van der Waals surface area contributed by atoms with Crippen LogP contribution in [0, 0.1) is 6.92 Å². The zero-order valence-electron chi connectivity index (χ0n) is 8.97. The second-order valence-electron chi connectivity index (χ2n) is 3.75. The monoisotopic (exact) mass is 213 g/mol. The third-order valence-electron chi connectivity index (χ3n) is 2.43. The Morgan fingerprint density at radius 2 is 2.00 bits per heavy atom. The Morgan fingerprint density at radius 3 is 2.60 bits per heavy atom. The summed E-state index contributed by atoms with van der Waals surface area (Å²) < 4.78 is 25.3. The van der Waals surface area contributed by atoms with Crippen LogP contribution in [-0.4, -0.2) is 6.54 Å². The third kappa shape index (κ3) is 3.59. The smallest absolute Gasteiger partial charge is 0.264 e. The minimum absolute atomic E-state index is 0.164. The van der Waals surface area contributed by atoms with E-state index in [4.69, 9.17) is 5.73 Å². The van der Waals surface area contributed by atoms with Gasteiger partial charge in [0.05, 0.1) is 0 Å². The number of aryl methyl sites for hydroxylation is 2. The molecular formula is C12H17F2N. The van der Waals surface area contributed by atoms with Crippen molar-refractivity contribution < 1.29 is 8.78 Å². The van der Waals surface area contributed by atoms with E-state index in [1.54, 1.807) is 6.07 Å². The molecule has 0 aliphatic carbocycles. The molecule has 0 fully saturated rings. The summed E-state index contributed by atoms with van der Waals surface area (Å²) in [7, 11) is 0. The lowest BCUT2D eigenvalue weighted by Gasteiger charge is -2.09. The molecule has 0 saturated heterocycles. The molecule has 0 aliphatic heterocycles. The summed E-state index contributed by atoms with van der Waals surface area (Å²) >= 11 is 0. The van der Waals surface area contributed by atoms with Gasteiger partial charge in [-0.25, -0.2) is 8.78 Å². The molecule has 1 nitrogen and oxygen atoms in total. The summed E-state index contributed by atoms with van der Waals surface area (Å²) in [4.78, 5) is 0. The Labute approximate surface area is 89.3 Å². The largest absolute Gasteiger partial charge is 0.330 e. The van der Waals surface area contributed by atoms with Crippen molar-refractivity contribution >= 4 is 0 Å². The Balaban J connectivity index is 2.77. The predicted octanol–water partition coefficient (Wildman–Crippen LogP) is 3.21. The van der Waals surface area contributed by atoms with Gasteiger partial charge >= 0.3 is 0 Å². The molecular weight excluding hydrogens is 196 g/mol. The van der Waals surface area contributed by atoms with Gasteiger partial charge in [-0.3, -0.25) is 0 Å². The lowest BCUT2D eigenvalue weighted by atomic mass is 10.00. The fourth-order valence-corrected chi connectivity index (χ4v) is 1.62. The number of rotatable bonds is 5. The number of unbranched alkanes of at least 4 members (excludes halogenated alkanes) is 1. The van der Waals surface area contributed by atoms with Gasteiger partial charge < -0.3 is 5.73 Å². The molecule has 0 radical (unpaired) electrons. The van der Waals surface area contributed by atoms with Crippen LogP contribution in [0.5, 0.6) is 0 Å². The van der Waals surface area contributed by atoms with Crippen molar-refractivity contribution in [2.45, 2.75) is 32.6 Å². The average molecular weight is 213 g/mol. The van der Waals surface area contributed by atoms with Gasteiger partial charge in [0.2, 0.25) is 0 Å². The molecule has 0 aromatic heterocycles. The van der Waals surface area contributed by atoms with Gasteiger partial charge in [-0.2, -0.15) is 0 Å². The maximum absolute atomic E-state index is 12.6. The van der Waals surface area contributed by atoms with Crippen molar-refractivity contribution in [3.8, 4) is 0 Å². The number of benzene rings is 1. The Hall–Kier alpha value is -0.960. The first-order valence-electron chi connectivity index (χ1n) is 5.22. The van der Waals surface area contributed by atoms with E-state index in [1.165, 1.54) is 6.07 Å². The van der Waals surface area contributed by atoms with Crippen LogP contribution in [0.25, 0.3) is 0 Å². The summed E-state index contributed by atoms with van der Waals surface area (Å²) in [5.41, 5.74) is 7.33. The summed E-state index contributed by atoms with van der Waals surface area (Å²) in [6, 6.07) is 5.10. The lowest BCUT2D eigenvalue weighted by Crippen LogP contribution is -2.01. The molecule has 0 saturated carbocycles. The zero-order chi connectivity index (χ0) is 11.3. The van der Waals surface area contributed by atoms with E-state index in [0.29, 0.717) is 13.0 Å². The number of hydrogen-bond donors (Lipinski definition) is 1. The fraction of sp³-hybridized carbons (Fsp3) is 0.500. The number of halogens is 2. The molecule has 0 atom stereocenters. The number of nitrogens with two attached hydrogens (primary N) is 1. The fourth-order valence-electron chi connectivity index (χ4n) is 1.62. The number of alkyl halides is 2. The highest BCUT2D eigenvalue weighted by molar-refractivity contribution is 5.32. The van der Waals surface area contributed by atoms with Crippen molar-refractivity contribution in [1.82, 2.24) is 0 Å². The zero-order valence-corrected chi connectivity index (χ0v) is 8.97. The van der Waals surface area contributed by atoms with E-state index >= 15 is 0 Å². The van der Waals surface area contributed by atoms with Crippen LogP contribution in [0.2, 0.25) is 0 Å². The highest BCUT2D eigenvalue weighted by Crippen LogP contribution is 2.25. The third-order valence-corrected chi connectivity index (χ3v) is 2.43. The molecule has 0 aliphatic rings. The van der Waals surface area contributed by atoms with Crippen molar-refractivity contribution in [2.24, 2.45) is 5.73 Å². The number of hydrogen-bond acceptors (Lipinski definition) is 1. The van der Waals surface area contributed by atoms with Crippen LogP contribution in [0.15, 0.2) is 18.2 Å². The molecule has 84 valence electrons. The van der Waals surface area contributed by atoms with Crippen LogP contribution in [0.3, 0.4) is 0 Å². The second kappa shape index (κ2) is 5.81. The summed E-state index contributed by atoms with van der Waals surface area (Å²) in [6.45, 7) is 2.54. The molecule has 1 aromatic rings. The molecule has 0 bridgehead atoms. The SMILES string of the molecule is Cc1ccc(C(F)F)c(CCCCN)c1. The standard InChI is InChI=1S/C12H17F2N/c1-9-5-6-11(12(13)14)10(8-9)4-2-3-7-15/h5-6,8,12H,2-4,7,15H2,1H3. The summed E-state index contributed by atoms with van der Waals surface area (Å²) in [6.07, 6.45) is 0.0768. The maximum Gasteiger partial charge on any atom is 0.264 e. The molecule has 3 heteroatoms. The topological polar surface area (TPSA) is 26.0 Å². The van der Waals surface area contributed by atoms with Gasteiger partial charge in [0.15, 0.2) is 0 Å². The predicted molar refractivity (Wildman–Crippen MR) is 58.1 cm³/mol. The second-order valence-corrected chi connectivity index (χ2v) is 3.75. The van der Waals surface area contributed by atoms with Crippen molar-refractivity contribution in [3.05, 3.63) is 34.9 Å². The van der Waals surface area contributed by atoms with Crippen molar-refractivity contribution in [2.75, 3.05) is 6.54 Å². The van der Waals surface area contributed by atoms with Crippen molar-refractivity contribution in [3.63, 3.8) is 0 Å². The Bertz CT molecular complexity index is 310. The van der Waals surface area contributed by atoms with E-state index in [0.717, 1.165) is 24.0 Å². The first-order valence-corrected chi connectivity index (χ1v) is 5.22. The average Bonchev–Trinajstić information content (AvgIpc) is 2.18. The van der Waals surface area contributed by atoms with Crippen LogP contribution < -0.4 is 5.73 Å². The lowest BCUT2D eigenvalue weighted by molar-refractivity contribution is 0.150. The first-order chi connectivity index (χ1) is 7.15. The molecule has 0 unspecified atom stereocenters. The summed E-state index contributed by atoms with van der Waals surface area (Å²) in [5.74, 6) is 0. The van der Waals surface area contributed by atoms with Crippen LogP contribution in [0.4, 0.5) is 8.78 Å². The molecule has 15 heavy (non-hydrogen) atoms. The Kier molecular flexibility index (Phi) is 4.69. The van der Waals surface area contributed by atoms with Gasteiger partial charge in [-0.05, 0) is 38.3 Å². The summed E-state index contributed by atoms with van der Waals surface area (Å²) in [5, 5.41) is 0.